The first-order valence-corrected chi connectivity index (χ1v) is 8.95. The number of benzene rings is 2. The van der Waals surface area contributed by atoms with Crippen molar-refractivity contribution in [1.29, 1.82) is 0 Å². The van der Waals surface area contributed by atoms with Gasteiger partial charge in [-0.05, 0) is 48.2 Å². The molecule has 0 fully saturated rings. The second kappa shape index (κ2) is 7.71. The van der Waals surface area contributed by atoms with Gasteiger partial charge in [-0.2, -0.15) is 0 Å². The van der Waals surface area contributed by atoms with E-state index in [1.165, 1.54) is 11.1 Å². The summed E-state index contributed by atoms with van der Waals surface area (Å²) in [6.45, 7) is 3.36. The molecule has 4 nitrogen and oxygen atoms in total. The topological polar surface area (TPSA) is 50.4 Å². The summed E-state index contributed by atoms with van der Waals surface area (Å²) in [5, 5.41) is 5.88. The van der Waals surface area contributed by atoms with Crippen LogP contribution < -0.4 is 15.4 Å². The quantitative estimate of drug-likeness (QED) is 0.813. The first kappa shape index (κ1) is 16.8. The van der Waals surface area contributed by atoms with Gasteiger partial charge in [0.1, 0.15) is 5.75 Å². The maximum absolute atomic E-state index is 12.0. The van der Waals surface area contributed by atoms with Gasteiger partial charge in [-0.15, -0.1) is 0 Å². The van der Waals surface area contributed by atoms with Crippen molar-refractivity contribution >= 4 is 22.0 Å². The molecule has 3 rings (SSSR count). The van der Waals surface area contributed by atoms with E-state index in [-0.39, 0.29) is 12.1 Å². The van der Waals surface area contributed by atoms with Crippen LogP contribution in [0.15, 0.2) is 46.9 Å². The van der Waals surface area contributed by atoms with Crippen LogP contribution in [0.5, 0.6) is 5.75 Å². The van der Waals surface area contributed by atoms with Crippen molar-refractivity contribution in [3.63, 3.8) is 0 Å². The van der Waals surface area contributed by atoms with Gasteiger partial charge in [0.15, 0.2) is 0 Å². The summed E-state index contributed by atoms with van der Waals surface area (Å²) >= 11 is 3.41. The zero-order valence-electron chi connectivity index (χ0n) is 13.6. The fourth-order valence-corrected chi connectivity index (χ4v) is 3.06. The normalized spacial score (nSPS) is 13.8. The maximum atomic E-state index is 12.0. The van der Waals surface area contributed by atoms with E-state index in [1.54, 1.807) is 0 Å². The Kier molecular flexibility index (Phi) is 5.41. The van der Waals surface area contributed by atoms with Crippen molar-refractivity contribution in [1.82, 2.24) is 10.6 Å². The van der Waals surface area contributed by atoms with E-state index in [1.807, 2.05) is 37.3 Å². The highest BCUT2D eigenvalue weighted by Gasteiger charge is 2.12. The van der Waals surface area contributed by atoms with Crippen molar-refractivity contribution in [3.05, 3.63) is 63.6 Å². The highest BCUT2D eigenvalue weighted by molar-refractivity contribution is 9.10. The predicted molar refractivity (Wildman–Crippen MR) is 98.4 cm³/mol. The average Bonchev–Trinajstić information content (AvgIpc) is 3.03. The van der Waals surface area contributed by atoms with E-state index in [9.17, 15) is 4.79 Å². The molecule has 0 saturated heterocycles. The number of carbonyl (C=O) groups excluding carboxylic acids is 1. The lowest BCUT2D eigenvalue weighted by Gasteiger charge is -2.15. The first-order chi connectivity index (χ1) is 11.6. The van der Waals surface area contributed by atoms with Crippen LogP contribution in [-0.2, 0) is 12.8 Å². The summed E-state index contributed by atoms with van der Waals surface area (Å²) < 4.78 is 6.54. The average molecular weight is 389 g/mol. The van der Waals surface area contributed by atoms with Gasteiger partial charge in [0.05, 0.1) is 12.6 Å². The number of fused-ring (bicyclic) bond motifs is 1. The first-order valence-electron chi connectivity index (χ1n) is 8.16. The summed E-state index contributed by atoms with van der Waals surface area (Å²) in [6, 6.07) is 14.0. The minimum atomic E-state index is -0.144. The molecule has 0 saturated carbocycles. The Morgan fingerprint density at radius 1 is 1.25 bits per heavy atom. The molecule has 0 bridgehead atoms. The number of ether oxygens (including phenoxy) is 1. The van der Waals surface area contributed by atoms with Gasteiger partial charge in [0.25, 0.3) is 0 Å². The minimum absolute atomic E-state index is 0.0322. The van der Waals surface area contributed by atoms with Gasteiger partial charge >= 0.3 is 6.03 Å². The van der Waals surface area contributed by atoms with E-state index in [0.717, 1.165) is 35.2 Å². The zero-order chi connectivity index (χ0) is 16.9. The fraction of sp³-hybridized carbons (Fsp3) is 0.316. The van der Waals surface area contributed by atoms with Crippen LogP contribution in [0.4, 0.5) is 4.79 Å². The van der Waals surface area contributed by atoms with Crippen molar-refractivity contribution in [3.8, 4) is 5.75 Å². The predicted octanol–water partition coefficient (Wildman–Crippen LogP) is 3.99. The summed E-state index contributed by atoms with van der Waals surface area (Å²) in [7, 11) is 0. The van der Waals surface area contributed by atoms with E-state index in [0.29, 0.717) is 6.54 Å². The minimum Gasteiger partial charge on any atom is -0.493 e. The standard InChI is InChI=1S/C19H21BrN2O2/c1-13(15-3-5-17(20)6-4-15)22-19(23)21-10-8-14-2-7-18-16(12-14)9-11-24-18/h2-7,12-13H,8-11H2,1H3,(H2,21,22,23). The molecule has 0 aromatic heterocycles. The molecule has 1 heterocycles. The number of rotatable bonds is 5. The molecule has 2 amide bonds. The molecular formula is C19H21BrN2O2. The van der Waals surface area contributed by atoms with E-state index in [2.05, 4.69) is 38.7 Å². The molecule has 24 heavy (non-hydrogen) atoms. The van der Waals surface area contributed by atoms with Crippen molar-refractivity contribution in [2.24, 2.45) is 0 Å². The Balaban J connectivity index is 1.44. The summed E-state index contributed by atoms with van der Waals surface area (Å²) in [5.41, 5.74) is 3.56. The number of hydrogen-bond acceptors (Lipinski definition) is 2. The molecule has 1 unspecified atom stereocenters. The highest BCUT2D eigenvalue weighted by Crippen LogP contribution is 2.25. The number of urea groups is 1. The highest BCUT2D eigenvalue weighted by atomic mass is 79.9. The van der Waals surface area contributed by atoms with Gasteiger partial charge in [-0.1, -0.05) is 40.2 Å². The number of nitrogens with one attached hydrogen (secondary N) is 2. The summed E-state index contributed by atoms with van der Waals surface area (Å²) in [6.07, 6.45) is 1.79. The van der Waals surface area contributed by atoms with Gasteiger partial charge in [0.2, 0.25) is 0 Å². The number of carbonyl (C=O) groups is 1. The molecule has 1 aliphatic rings. The number of halogens is 1. The molecule has 0 spiro atoms. The smallest absolute Gasteiger partial charge is 0.315 e. The van der Waals surface area contributed by atoms with Crippen LogP contribution in [0.1, 0.15) is 29.7 Å². The van der Waals surface area contributed by atoms with Gasteiger partial charge in [-0.25, -0.2) is 4.79 Å². The van der Waals surface area contributed by atoms with Crippen LogP contribution in [0.25, 0.3) is 0 Å². The summed E-state index contributed by atoms with van der Waals surface area (Å²) in [4.78, 5) is 12.0. The Hall–Kier alpha value is -2.01. The third kappa shape index (κ3) is 4.29. The number of amides is 2. The van der Waals surface area contributed by atoms with E-state index in [4.69, 9.17) is 4.74 Å². The largest absolute Gasteiger partial charge is 0.493 e. The van der Waals surface area contributed by atoms with Crippen molar-refractivity contribution in [2.75, 3.05) is 13.2 Å². The molecule has 2 N–H and O–H groups in total. The Morgan fingerprint density at radius 3 is 2.83 bits per heavy atom. The van der Waals surface area contributed by atoms with Gasteiger partial charge < -0.3 is 15.4 Å². The SMILES string of the molecule is CC(NC(=O)NCCc1ccc2c(c1)CCO2)c1ccc(Br)cc1. The molecule has 0 aliphatic carbocycles. The molecule has 2 aromatic carbocycles. The van der Waals surface area contributed by atoms with Crippen LogP contribution in [-0.4, -0.2) is 19.2 Å². The molecule has 2 aromatic rings. The summed E-state index contributed by atoms with van der Waals surface area (Å²) in [5.74, 6) is 0.993. The van der Waals surface area contributed by atoms with Crippen LogP contribution in [0.2, 0.25) is 0 Å². The van der Waals surface area contributed by atoms with Gasteiger partial charge in [0, 0.05) is 17.4 Å². The molecule has 1 aliphatic heterocycles. The molecule has 5 heteroatoms. The molecule has 0 radical (unpaired) electrons. The molecule has 126 valence electrons. The lowest BCUT2D eigenvalue weighted by Crippen LogP contribution is -2.38. The second-order valence-electron chi connectivity index (χ2n) is 5.96. The van der Waals surface area contributed by atoms with Gasteiger partial charge in [-0.3, -0.25) is 0 Å². The molecule has 1 atom stereocenters. The lowest BCUT2D eigenvalue weighted by atomic mass is 10.1. The van der Waals surface area contributed by atoms with Crippen LogP contribution in [0.3, 0.4) is 0 Å². The lowest BCUT2D eigenvalue weighted by molar-refractivity contribution is 0.238. The third-order valence-corrected chi connectivity index (χ3v) is 4.70. The van der Waals surface area contributed by atoms with E-state index < -0.39 is 0 Å². The monoisotopic (exact) mass is 388 g/mol. The van der Waals surface area contributed by atoms with E-state index >= 15 is 0 Å². The number of hydrogen-bond donors (Lipinski definition) is 2. The third-order valence-electron chi connectivity index (χ3n) is 4.17. The van der Waals surface area contributed by atoms with Crippen LogP contribution >= 0.6 is 15.9 Å². The fourth-order valence-electron chi connectivity index (χ4n) is 2.80. The van der Waals surface area contributed by atoms with Crippen molar-refractivity contribution < 1.29 is 9.53 Å². The second-order valence-corrected chi connectivity index (χ2v) is 6.88. The maximum Gasteiger partial charge on any atom is 0.315 e. The zero-order valence-corrected chi connectivity index (χ0v) is 15.2. The van der Waals surface area contributed by atoms with Crippen LogP contribution in [0, 0.1) is 0 Å². The Bertz CT molecular complexity index is 716. The molecular weight excluding hydrogens is 368 g/mol. The Morgan fingerprint density at radius 2 is 2.04 bits per heavy atom. The van der Waals surface area contributed by atoms with Crippen molar-refractivity contribution in [2.45, 2.75) is 25.8 Å². The Labute approximate surface area is 150 Å².